The molecule has 7 nitrogen and oxygen atoms in total. The minimum atomic E-state index is -0.0792. The van der Waals surface area contributed by atoms with Crippen molar-refractivity contribution in [2.24, 2.45) is 0 Å². The summed E-state index contributed by atoms with van der Waals surface area (Å²) in [6.07, 6.45) is 6.15. The normalized spacial score (nSPS) is 12.1. The minimum Gasteiger partial charge on any atom is -0.394 e. The molecule has 31 heavy (non-hydrogen) atoms. The largest absolute Gasteiger partial charge is 0.394 e. The molecule has 164 valence electrons. The van der Waals surface area contributed by atoms with Crippen LogP contribution < -0.4 is 10.6 Å². The third-order valence-corrected chi connectivity index (χ3v) is 5.35. The lowest BCUT2D eigenvalue weighted by Crippen LogP contribution is -2.24. The van der Waals surface area contributed by atoms with E-state index in [0.717, 1.165) is 48.5 Å². The summed E-state index contributed by atoms with van der Waals surface area (Å²) in [4.78, 5) is 4.81. The summed E-state index contributed by atoms with van der Waals surface area (Å²) in [5.74, 6) is 1.88. The zero-order valence-corrected chi connectivity index (χ0v) is 18.4. The molecule has 1 aromatic carbocycles. The van der Waals surface area contributed by atoms with Gasteiger partial charge in [0.1, 0.15) is 11.6 Å². The summed E-state index contributed by atoms with van der Waals surface area (Å²) in [6, 6.07) is 14.3. The Labute approximate surface area is 184 Å². The fourth-order valence-corrected chi connectivity index (χ4v) is 3.57. The van der Waals surface area contributed by atoms with Crippen LogP contribution in [0.1, 0.15) is 63.0 Å². The van der Waals surface area contributed by atoms with Crippen molar-refractivity contribution in [2.75, 3.05) is 17.2 Å². The summed E-state index contributed by atoms with van der Waals surface area (Å²) in [5, 5.41) is 30.0. The number of fused-ring (bicyclic) bond motifs is 1. The molecule has 0 aliphatic heterocycles. The third-order valence-electron chi connectivity index (χ3n) is 5.35. The fraction of sp³-hybridized carbons (Fsp3) is 0.458. The van der Waals surface area contributed by atoms with Crippen molar-refractivity contribution in [3.8, 4) is 6.07 Å². The molecule has 2 heterocycles. The topological polar surface area (TPSA) is 98.3 Å². The molecule has 0 unspecified atom stereocenters. The van der Waals surface area contributed by atoms with Crippen LogP contribution in [0.15, 0.2) is 42.6 Å². The predicted octanol–water partition coefficient (Wildman–Crippen LogP) is 4.71. The number of aromatic nitrogens is 3. The minimum absolute atomic E-state index is 0.0359. The highest BCUT2D eigenvalue weighted by atomic mass is 16.3. The number of nitriles is 1. The van der Waals surface area contributed by atoms with Crippen molar-refractivity contribution in [2.45, 2.75) is 64.5 Å². The SMILES string of the molecule is CC(C)c1cnn2c(NCc3ccccc3)cc(N[C@@H](CO)CCCCCC#N)nc12. The van der Waals surface area contributed by atoms with Crippen molar-refractivity contribution in [1.82, 2.24) is 14.6 Å². The first-order chi connectivity index (χ1) is 15.1. The number of hydrogen-bond acceptors (Lipinski definition) is 6. The lowest BCUT2D eigenvalue weighted by atomic mass is 10.1. The van der Waals surface area contributed by atoms with E-state index >= 15 is 0 Å². The highest BCUT2D eigenvalue weighted by Gasteiger charge is 2.16. The lowest BCUT2D eigenvalue weighted by molar-refractivity contribution is 0.266. The maximum atomic E-state index is 9.85. The Balaban J connectivity index is 1.79. The maximum Gasteiger partial charge on any atom is 0.163 e. The van der Waals surface area contributed by atoms with Gasteiger partial charge in [-0.3, -0.25) is 0 Å². The van der Waals surface area contributed by atoms with Crippen molar-refractivity contribution in [3.63, 3.8) is 0 Å². The highest BCUT2D eigenvalue weighted by molar-refractivity contribution is 5.61. The van der Waals surface area contributed by atoms with E-state index in [-0.39, 0.29) is 12.6 Å². The van der Waals surface area contributed by atoms with Gasteiger partial charge in [0.25, 0.3) is 0 Å². The molecule has 0 aliphatic rings. The van der Waals surface area contributed by atoms with Gasteiger partial charge in [-0.05, 0) is 24.3 Å². The second kappa shape index (κ2) is 11.3. The van der Waals surface area contributed by atoms with Crippen LogP contribution in [0.4, 0.5) is 11.6 Å². The monoisotopic (exact) mass is 420 g/mol. The van der Waals surface area contributed by atoms with Gasteiger partial charge in [-0.25, -0.2) is 4.98 Å². The Bertz CT molecular complexity index is 992. The number of nitrogens with zero attached hydrogens (tertiary/aromatic N) is 4. The lowest BCUT2D eigenvalue weighted by Gasteiger charge is -2.18. The van der Waals surface area contributed by atoms with Crippen LogP contribution in [0, 0.1) is 11.3 Å². The summed E-state index contributed by atoms with van der Waals surface area (Å²) in [7, 11) is 0. The molecule has 0 saturated heterocycles. The van der Waals surface area contributed by atoms with Crippen molar-refractivity contribution >= 4 is 17.3 Å². The summed E-state index contributed by atoms with van der Waals surface area (Å²) >= 11 is 0. The van der Waals surface area contributed by atoms with Gasteiger partial charge in [0.2, 0.25) is 0 Å². The maximum absolute atomic E-state index is 9.85. The van der Waals surface area contributed by atoms with Crippen molar-refractivity contribution < 1.29 is 5.11 Å². The molecule has 0 spiro atoms. The van der Waals surface area contributed by atoms with Crippen LogP contribution in [0.5, 0.6) is 0 Å². The highest BCUT2D eigenvalue weighted by Crippen LogP contribution is 2.25. The van der Waals surface area contributed by atoms with E-state index in [9.17, 15) is 5.11 Å². The van der Waals surface area contributed by atoms with Gasteiger partial charge < -0.3 is 15.7 Å². The third kappa shape index (κ3) is 6.19. The van der Waals surface area contributed by atoms with Gasteiger partial charge in [0, 0.05) is 24.6 Å². The zero-order chi connectivity index (χ0) is 22.1. The van der Waals surface area contributed by atoms with E-state index in [2.05, 4.69) is 47.8 Å². The summed E-state index contributed by atoms with van der Waals surface area (Å²) in [5.41, 5.74) is 3.09. The van der Waals surface area contributed by atoms with E-state index in [1.165, 1.54) is 5.56 Å². The molecular weight excluding hydrogens is 388 g/mol. The van der Waals surface area contributed by atoms with Gasteiger partial charge in [0.15, 0.2) is 5.65 Å². The molecular formula is C24H32N6O. The Morgan fingerprint density at radius 1 is 1.16 bits per heavy atom. The van der Waals surface area contributed by atoms with E-state index < -0.39 is 0 Å². The van der Waals surface area contributed by atoms with Crippen LogP contribution >= 0.6 is 0 Å². The van der Waals surface area contributed by atoms with Crippen molar-refractivity contribution in [3.05, 3.63) is 53.7 Å². The molecule has 7 heteroatoms. The molecule has 2 aromatic heterocycles. The second-order valence-corrected chi connectivity index (χ2v) is 8.14. The predicted molar refractivity (Wildman–Crippen MR) is 124 cm³/mol. The number of benzene rings is 1. The van der Waals surface area contributed by atoms with Gasteiger partial charge in [-0.2, -0.15) is 14.9 Å². The summed E-state index contributed by atoms with van der Waals surface area (Å²) < 4.78 is 1.85. The second-order valence-electron chi connectivity index (χ2n) is 8.14. The summed E-state index contributed by atoms with van der Waals surface area (Å²) in [6.45, 7) is 4.98. The molecule has 0 aliphatic carbocycles. The van der Waals surface area contributed by atoms with E-state index in [1.54, 1.807) is 0 Å². The number of rotatable bonds is 12. The Hall–Kier alpha value is -3.11. The van der Waals surface area contributed by atoms with Crippen LogP contribution in [0.3, 0.4) is 0 Å². The first-order valence-electron chi connectivity index (χ1n) is 11.0. The molecule has 0 saturated carbocycles. The molecule has 0 amide bonds. The van der Waals surface area contributed by atoms with Crippen molar-refractivity contribution in [1.29, 1.82) is 5.26 Å². The average Bonchev–Trinajstić information content (AvgIpc) is 3.21. The van der Waals surface area contributed by atoms with Gasteiger partial charge >= 0.3 is 0 Å². The first-order valence-corrected chi connectivity index (χ1v) is 11.0. The number of aliphatic hydroxyl groups is 1. The Morgan fingerprint density at radius 3 is 2.68 bits per heavy atom. The molecule has 0 fully saturated rings. The number of hydrogen-bond donors (Lipinski definition) is 3. The number of anilines is 2. The Morgan fingerprint density at radius 2 is 1.97 bits per heavy atom. The quantitative estimate of drug-likeness (QED) is 0.367. The number of nitrogens with one attached hydrogen (secondary N) is 2. The Kier molecular flexibility index (Phi) is 8.25. The van der Waals surface area contributed by atoms with E-state index in [0.29, 0.717) is 18.9 Å². The standard InChI is InChI=1S/C24H32N6O/c1-18(2)21-16-27-30-23(26-15-19-10-6-5-7-11-19)14-22(29-24(21)30)28-20(17-31)12-8-3-4-9-13-25/h5-7,10-11,14,16,18,20,26,31H,3-4,8-9,12,15,17H2,1-2H3,(H,28,29)/t20-/m1/s1. The van der Waals surface area contributed by atoms with Gasteiger partial charge in [-0.15, -0.1) is 0 Å². The number of unbranched alkanes of at least 4 members (excludes halogenated alkanes) is 3. The molecule has 3 aromatic rings. The molecule has 0 radical (unpaired) electrons. The molecule has 3 N–H and O–H groups in total. The average molecular weight is 421 g/mol. The van der Waals surface area contributed by atoms with Crippen LogP contribution in [-0.4, -0.2) is 32.4 Å². The first kappa shape index (κ1) is 22.6. The zero-order valence-electron chi connectivity index (χ0n) is 18.4. The van der Waals surface area contributed by atoms with Crippen LogP contribution in [-0.2, 0) is 6.54 Å². The van der Waals surface area contributed by atoms with Crippen LogP contribution in [0.2, 0.25) is 0 Å². The smallest absolute Gasteiger partial charge is 0.163 e. The van der Waals surface area contributed by atoms with Gasteiger partial charge in [0.05, 0.1) is 24.9 Å². The fourth-order valence-electron chi connectivity index (χ4n) is 3.57. The van der Waals surface area contributed by atoms with Gasteiger partial charge in [-0.1, -0.05) is 57.0 Å². The van der Waals surface area contributed by atoms with E-state index in [1.807, 2.05) is 35.0 Å². The van der Waals surface area contributed by atoms with Crippen LogP contribution in [0.25, 0.3) is 5.65 Å². The number of aliphatic hydroxyl groups excluding tert-OH is 1. The van der Waals surface area contributed by atoms with E-state index in [4.69, 9.17) is 10.2 Å². The molecule has 3 rings (SSSR count). The molecule has 0 bridgehead atoms. The molecule has 1 atom stereocenters.